The molecule has 1 spiro atoms. The highest BCUT2D eigenvalue weighted by atomic mass is 16.7. The summed E-state index contributed by atoms with van der Waals surface area (Å²) >= 11 is 0. The van der Waals surface area contributed by atoms with Crippen molar-refractivity contribution in [3.05, 3.63) is 52.2 Å². The van der Waals surface area contributed by atoms with Crippen LogP contribution in [-0.4, -0.2) is 106 Å². The van der Waals surface area contributed by atoms with Gasteiger partial charge in [-0.1, -0.05) is 44.2 Å². The maximum atomic E-state index is 10.5. The lowest BCUT2D eigenvalue weighted by atomic mass is 9.78. The van der Waals surface area contributed by atoms with Gasteiger partial charge in [-0.05, 0) is 80.3 Å². The Morgan fingerprint density at radius 3 is 2.60 bits per heavy atom. The number of aromatic nitrogens is 2. The lowest BCUT2D eigenvalue weighted by molar-refractivity contribution is -0.278. The van der Waals surface area contributed by atoms with Gasteiger partial charge < -0.3 is 40.1 Å². The number of aliphatic hydroxyl groups excluding tert-OH is 4. The largest absolute Gasteiger partial charge is 0.443 e. The Bertz CT molecular complexity index is 1200. The van der Waals surface area contributed by atoms with Crippen LogP contribution in [0.5, 0.6) is 5.88 Å². The van der Waals surface area contributed by atoms with E-state index in [1.807, 2.05) is 0 Å². The topological polar surface area (TPSA) is 143 Å². The number of nitrogens with zero attached hydrogens (tertiary/aromatic N) is 2. The summed E-state index contributed by atoms with van der Waals surface area (Å²) in [7, 11) is 0. The molecule has 42 heavy (non-hydrogen) atoms. The van der Waals surface area contributed by atoms with Crippen molar-refractivity contribution in [3.8, 4) is 5.88 Å². The quantitative estimate of drug-likeness (QED) is 0.247. The number of likely N-dealkylation sites (tertiary alicyclic amines) is 1. The fourth-order valence-electron chi connectivity index (χ4n) is 6.54. The van der Waals surface area contributed by atoms with E-state index in [1.165, 1.54) is 51.0 Å². The number of benzene rings is 1. The maximum Gasteiger partial charge on any atom is 0.238 e. The molecule has 3 saturated heterocycles. The highest BCUT2D eigenvalue weighted by Gasteiger charge is 2.45. The van der Waals surface area contributed by atoms with Crippen LogP contribution in [0.15, 0.2) is 24.3 Å². The van der Waals surface area contributed by atoms with Crippen LogP contribution in [0.3, 0.4) is 0 Å². The first-order valence-electron chi connectivity index (χ1n) is 15.4. The Morgan fingerprint density at radius 2 is 1.93 bits per heavy atom. The maximum absolute atomic E-state index is 10.5. The van der Waals surface area contributed by atoms with Crippen LogP contribution >= 0.6 is 0 Å². The van der Waals surface area contributed by atoms with Crippen molar-refractivity contribution in [3.63, 3.8) is 0 Å². The lowest BCUT2D eigenvalue weighted by Gasteiger charge is -2.39. The molecule has 1 aromatic heterocycles. The van der Waals surface area contributed by atoms with Crippen LogP contribution in [0.4, 0.5) is 0 Å². The third-order valence-electron chi connectivity index (χ3n) is 9.42. The van der Waals surface area contributed by atoms with Crippen molar-refractivity contribution in [1.82, 2.24) is 20.4 Å². The molecule has 4 heterocycles. The van der Waals surface area contributed by atoms with E-state index in [9.17, 15) is 20.4 Å². The second-order valence-corrected chi connectivity index (χ2v) is 12.7. The van der Waals surface area contributed by atoms with Crippen LogP contribution in [0.25, 0.3) is 6.08 Å². The first-order valence-corrected chi connectivity index (χ1v) is 15.4. The van der Waals surface area contributed by atoms with Crippen LogP contribution in [0, 0.1) is 12.3 Å². The summed E-state index contributed by atoms with van der Waals surface area (Å²) in [5.41, 5.74) is 5.75. The molecule has 3 aliphatic heterocycles. The summed E-state index contributed by atoms with van der Waals surface area (Å²) in [5, 5.41) is 51.2. The SMILES string of the molecule is Cc1cc(/C=C/CCN2CCC3(CCNC3)CC2)ccc1Cc1c(O[C@H]2O[C@H](CO)[C@@H](O)[C@H](O)[C@H]2O)n[nH]c1C(C)C. The van der Waals surface area contributed by atoms with E-state index in [0.717, 1.165) is 35.3 Å². The van der Waals surface area contributed by atoms with E-state index >= 15 is 0 Å². The molecule has 6 N–H and O–H groups in total. The van der Waals surface area contributed by atoms with E-state index in [0.29, 0.717) is 11.8 Å². The smallest absolute Gasteiger partial charge is 0.238 e. The van der Waals surface area contributed by atoms with Gasteiger partial charge in [-0.15, -0.1) is 5.10 Å². The molecule has 1 aromatic carbocycles. The summed E-state index contributed by atoms with van der Waals surface area (Å²) in [4.78, 5) is 2.60. The van der Waals surface area contributed by atoms with Gasteiger partial charge >= 0.3 is 0 Å². The minimum absolute atomic E-state index is 0.141. The van der Waals surface area contributed by atoms with Gasteiger partial charge in [0.05, 0.1) is 6.61 Å². The Hall–Kier alpha value is -2.31. The number of aromatic amines is 1. The van der Waals surface area contributed by atoms with E-state index in [4.69, 9.17) is 9.47 Å². The lowest BCUT2D eigenvalue weighted by Crippen LogP contribution is -2.60. The molecule has 232 valence electrons. The fourth-order valence-corrected chi connectivity index (χ4v) is 6.54. The summed E-state index contributed by atoms with van der Waals surface area (Å²) < 4.78 is 11.5. The predicted octanol–water partition coefficient (Wildman–Crippen LogP) is 2.09. The fraction of sp³-hybridized carbons (Fsp3) is 0.656. The van der Waals surface area contributed by atoms with E-state index in [2.05, 4.69) is 71.5 Å². The summed E-state index contributed by atoms with van der Waals surface area (Å²) in [6, 6.07) is 6.45. The number of rotatable bonds is 10. The van der Waals surface area contributed by atoms with Crippen molar-refractivity contribution >= 4 is 6.08 Å². The average Bonchev–Trinajstić information content (AvgIpc) is 3.61. The van der Waals surface area contributed by atoms with Gasteiger partial charge in [-0.3, -0.25) is 5.10 Å². The molecule has 5 atom stereocenters. The van der Waals surface area contributed by atoms with Gasteiger partial charge in [0.15, 0.2) is 0 Å². The molecule has 5 rings (SSSR count). The van der Waals surface area contributed by atoms with Crippen molar-refractivity contribution in [2.45, 2.75) is 89.5 Å². The van der Waals surface area contributed by atoms with Gasteiger partial charge in [0.2, 0.25) is 12.2 Å². The Kier molecular flexibility index (Phi) is 10.0. The van der Waals surface area contributed by atoms with E-state index < -0.39 is 37.3 Å². The molecule has 3 fully saturated rings. The molecule has 0 unspecified atom stereocenters. The monoisotopic (exact) mass is 584 g/mol. The number of hydrogen-bond acceptors (Lipinski definition) is 9. The third kappa shape index (κ3) is 6.91. The standard InChI is InChI=1S/C32H48N4O6/c1-20(2)26-24(30(35-34-26)42-31-29(40)28(39)27(38)25(18-37)41-31)17-23-8-7-22(16-21(23)3)6-4-5-13-36-14-10-32(11-15-36)9-12-33-19-32/h4,6-8,16,20,25,27-29,31,33,37-40H,5,9-15,17-19H2,1-3H3,(H,34,35)/b6-4+/t25-,27-,28+,29-,31-/m1/s1. The number of H-pyrrole nitrogens is 1. The highest BCUT2D eigenvalue weighted by molar-refractivity contribution is 5.52. The van der Waals surface area contributed by atoms with Crippen molar-refractivity contribution in [2.24, 2.45) is 5.41 Å². The Morgan fingerprint density at radius 1 is 1.14 bits per heavy atom. The number of aryl methyl sites for hydroxylation is 1. The van der Waals surface area contributed by atoms with E-state index in [-0.39, 0.29) is 11.8 Å². The molecular weight excluding hydrogens is 536 g/mol. The summed E-state index contributed by atoms with van der Waals surface area (Å²) in [6.45, 7) is 11.6. The van der Waals surface area contributed by atoms with Gasteiger partial charge in [-0.25, -0.2) is 0 Å². The molecule has 0 amide bonds. The van der Waals surface area contributed by atoms with Crippen LogP contribution < -0.4 is 10.1 Å². The molecule has 0 bridgehead atoms. The zero-order valence-corrected chi connectivity index (χ0v) is 25.1. The zero-order chi connectivity index (χ0) is 29.9. The Balaban J connectivity index is 1.20. The van der Waals surface area contributed by atoms with E-state index in [1.54, 1.807) is 0 Å². The minimum Gasteiger partial charge on any atom is -0.443 e. The number of nitrogens with one attached hydrogen (secondary N) is 2. The molecule has 0 aliphatic carbocycles. The zero-order valence-electron chi connectivity index (χ0n) is 25.1. The van der Waals surface area contributed by atoms with Crippen LogP contribution in [0.1, 0.15) is 73.4 Å². The highest BCUT2D eigenvalue weighted by Crippen LogP contribution is 2.37. The molecule has 10 heteroatoms. The Labute approximate surface area is 248 Å². The van der Waals surface area contributed by atoms with Crippen LogP contribution in [-0.2, 0) is 11.2 Å². The first-order chi connectivity index (χ1) is 20.2. The summed E-state index contributed by atoms with van der Waals surface area (Å²) in [6.07, 6.45) is 3.23. The van der Waals surface area contributed by atoms with Crippen LogP contribution in [0.2, 0.25) is 0 Å². The molecule has 0 saturated carbocycles. The first kappa shape index (κ1) is 31.1. The van der Waals surface area contributed by atoms with Gasteiger partial charge in [0, 0.05) is 30.8 Å². The average molecular weight is 585 g/mol. The number of aliphatic hydroxyl groups is 4. The van der Waals surface area contributed by atoms with Gasteiger partial charge in [0.1, 0.15) is 24.4 Å². The summed E-state index contributed by atoms with van der Waals surface area (Å²) in [5.74, 6) is 0.404. The normalized spacial score (nSPS) is 28.3. The third-order valence-corrected chi connectivity index (χ3v) is 9.42. The molecule has 0 radical (unpaired) electrons. The number of hydrogen-bond donors (Lipinski definition) is 6. The van der Waals surface area contributed by atoms with Crippen molar-refractivity contribution in [1.29, 1.82) is 0 Å². The van der Waals surface area contributed by atoms with Crippen molar-refractivity contribution in [2.75, 3.05) is 39.3 Å². The molecule has 3 aliphatic rings. The van der Waals surface area contributed by atoms with Gasteiger partial charge in [0.25, 0.3) is 0 Å². The second kappa shape index (κ2) is 13.5. The van der Waals surface area contributed by atoms with Gasteiger partial charge in [-0.2, -0.15) is 0 Å². The predicted molar refractivity (Wildman–Crippen MR) is 160 cm³/mol. The number of ether oxygens (including phenoxy) is 2. The molecular formula is C32H48N4O6. The number of piperidine rings is 1. The molecule has 10 nitrogen and oxygen atoms in total. The minimum atomic E-state index is -1.52. The molecule has 2 aromatic rings. The second-order valence-electron chi connectivity index (χ2n) is 12.7. The van der Waals surface area contributed by atoms with Crippen molar-refractivity contribution < 1.29 is 29.9 Å².